The summed E-state index contributed by atoms with van der Waals surface area (Å²) < 4.78 is 4.75. The smallest absolute Gasteiger partial charge is 0.328 e. The monoisotopic (exact) mass is 289 g/mol. The Labute approximate surface area is 126 Å². The summed E-state index contributed by atoms with van der Waals surface area (Å²) in [6.45, 7) is 2.10. The lowest BCUT2D eigenvalue weighted by Crippen LogP contribution is -2.42. The van der Waals surface area contributed by atoms with Crippen LogP contribution >= 0.6 is 0 Å². The highest BCUT2D eigenvalue weighted by Gasteiger charge is 2.20. The first kappa shape index (κ1) is 17.0. The summed E-state index contributed by atoms with van der Waals surface area (Å²) in [4.78, 5) is 23.6. The van der Waals surface area contributed by atoms with Gasteiger partial charge in [-0.1, -0.05) is 56.2 Å². The van der Waals surface area contributed by atoms with Crippen LogP contribution in [0.1, 0.15) is 31.7 Å². The highest BCUT2D eigenvalue weighted by Crippen LogP contribution is 2.05. The lowest BCUT2D eigenvalue weighted by molar-refractivity contribution is -0.144. The molecular formula is C17H23NO3. The lowest BCUT2D eigenvalue weighted by atomic mass is 10.1. The second kappa shape index (κ2) is 9.75. The molecule has 4 heteroatoms. The first-order chi connectivity index (χ1) is 10.2. The second-order valence-electron chi connectivity index (χ2n) is 4.82. The summed E-state index contributed by atoms with van der Waals surface area (Å²) in [5.41, 5.74) is 0.975. The largest absolute Gasteiger partial charge is 0.467 e. The molecule has 0 spiro atoms. The molecule has 1 amide bonds. The van der Waals surface area contributed by atoms with Gasteiger partial charge >= 0.3 is 5.97 Å². The first-order valence-electron chi connectivity index (χ1n) is 7.26. The molecule has 1 aromatic rings. The zero-order valence-electron chi connectivity index (χ0n) is 12.7. The third-order valence-corrected chi connectivity index (χ3v) is 3.08. The number of unbranched alkanes of at least 4 members (excludes halogenated alkanes) is 2. The van der Waals surface area contributed by atoms with Gasteiger partial charge in [-0.05, 0) is 18.1 Å². The number of benzene rings is 1. The van der Waals surface area contributed by atoms with Crippen LogP contribution in [0.25, 0.3) is 0 Å². The molecule has 0 saturated carbocycles. The van der Waals surface area contributed by atoms with E-state index in [0.717, 1.165) is 24.8 Å². The normalized spacial score (nSPS) is 12.1. The molecule has 0 aromatic heterocycles. The summed E-state index contributed by atoms with van der Waals surface area (Å²) in [7, 11) is 1.32. The van der Waals surface area contributed by atoms with Crippen molar-refractivity contribution in [3.63, 3.8) is 0 Å². The summed E-state index contributed by atoms with van der Waals surface area (Å²) >= 11 is 0. The number of hydrogen-bond donors (Lipinski definition) is 1. The van der Waals surface area contributed by atoms with Crippen molar-refractivity contribution in [1.29, 1.82) is 0 Å². The van der Waals surface area contributed by atoms with Crippen molar-refractivity contribution >= 4 is 11.9 Å². The van der Waals surface area contributed by atoms with Crippen molar-refractivity contribution in [3.8, 4) is 0 Å². The van der Waals surface area contributed by atoms with E-state index in [2.05, 4.69) is 12.2 Å². The number of esters is 1. The van der Waals surface area contributed by atoms with Crippen LogP contribution in [0.3, 0.4) is 0 Å². The number of methoxy groups -OCH3 is 1. The zero-order valence-corrected chi connectivity index (χ0v) is 12.7. The van der Waals surface area contributed by atoms with Crippen LogP contribution in [0, 0.1) is 0 Å². The van der Waals surface area contributed by atoms with Crippen molar-refractivity contribution in [2.45, 2.75) is 38.6 Å². The number of carbonyl (C=O) groups excluding carboxylic acids is 2. The number of nitrogens with one attached hydrogen (secondary N) is 1. The van der Waals surface area contributed by atoms with Gasteiger partial charge in [0.2, 0.25) is 5.91 Å². The molecule has 114 valence electrons. The Morgan fingerprint density at radius 2 is 2.00 bits per heavy atom. The van der Waals surface area contributed by atoms with Crippen LogP contribution in [0.5, 0.6) is 0 Å². The molecule has 1 aromatic carbocycles. The van der Waals surface area contributed by atoms with E-state index < -0.39 is 12.0 Å². The van der Waals surface area contributed by atoms with Crippen molar-refractivity contribution in [3.05, 3.63) is 48.0 Å². The van der Waals surface area contributed by atoms with Crippen LogP contribution in [0.4, 0.5) is 0 Å². The predicted molar refractivity (Wildman–Crippen MR) is 82.8 cm³/mol. The van der Waals surface area contributed by atoms with Gasteiger partial charge in [0.1, 0.15) is 6.04 Å². The molecule has 1 N–H and O–H groups in total. The molecule has 4 nitrogen and oxygen atoms in total. The summed E-state index contributed by atoms with van der Waals surface area (Å²) in [5, 5.41) is 2.69. The molecule has 0 saturated heterocycles. The SMILES string of the molecule is CCCC/C=C/C(=O)N[C@@H](Cc1ccccc1)C(=O)OC. The molecule has 1 atom stereocenters. The summed E-state index contributed by atoms with van der Waals surface area (Å²) in [6, 6.07) is 8.87. The van der Waals surface area contributed by atoms with Crippen LogP contribution in [0.15, 0.2) is 42.5 Å². The van der Waals surface area contributed by atoms with E-state index in [1.165, 1.54) is 13.2 Å². The van der Waals surface area contributed by atoms with Gasteiger partial charge in [0.15, 0.2) is 0 Å². The van der Waals surface area contributed by atoms with Crippen LogP contribution in [0.2, 0.25) is 0 Å². The Kier molecular flexibility index (Phi) is 7.87. The standard InChI is InChI=1S/C17H23NO3/c1-3-4-5-9-12-16(19)18-15(17(20)21-2)13-14-10-7-6-8-11-14/h6-12,15H,3-5,13H2,1-2H3,(H,18,19)/b12-9+/t15-/m0/s1. The Hall–Kier alpha value is -2.10. The van der Waals surface area contributed by atoms with Gasteiger partial charge in [0, 0.05) is 6.42 Å². The minimum Gasteiger partial charge on any atom is -0.467 e. The highest BCUT2D eigenvalue weighted by atomic mass is 16.5. The van der Waals surface area contributed by atoms with Gasteiger partial charge in [0.05, 0.1) is 7.11 Å². The minimum atomic E-state index is -0.666. The van der Waals surface area contributed by atoms with Gasteiger partial charge in [-0.15, -0.1) is 0 Å². The van der Waals surface area contributed by atoms with Crippen LogP contribution in [-0.4, -0.2) is 25.0 Å². The molecule has 0 bridgehead atoms. The van der Waals surface area contributed by atoms with Crippen molar-refractivity contribution in [2.24, 2.45) is 0 Å². The molecule has 0 heterocycles. The number of hydrogen-bond acceptors (Lipinski definition) is 3. The number of allylic oxidation sites excluding steroid dienone is 1. The van der Waals surface area contributed by atoms with Crippen LogP contribution < -0.4 is 5.32 Å². The second-order valence-corrected chi connectivity index (χ2v) is 4.82. The third-order valence-electron chi connectivity index (χ3n) is 3.08. The lowest BCUT2D eigenvalue weighted by Gasteiger charge is -2.15. The zero-order chi connectivity index (χ0) is 15.5. The predicted octanol–water partition coefficient (Wildman–Crippen LogP) is 2.63. The summed E-state index contributed by atoms with van der Waals surface area (Å²) in [6.07, 6.45) is 6.73. The third kappa shape index (κ3) is 6.75. The van der Waals surface area contributed by atoms with E-state index in [0.29, 0.717) is 6.42 Å². The molecule has 0 unspecified atom stereocenters. The number of carbonyl (C=O) groups is 2. The molecule has 0 aliphatic rings. The van der Waals surface area contributed by atoms with E-state index in [1.807, 2.05) is 36.4 Å². The maximum atomic E-state index is 11.8. The van der Waals surface area contributed by atoms with E-state index >= 15 is 0 Å². The molecule has 21 heavy (non-hydrogen) atoms. The van der Waals surface area contributed by atoms with Gasteiger partial charge < -0.3 is 10.1 Å². The Morgan fingerprint density at radius 3 is 2.62 bits per heavy atom. The number of rotatable bonds is 8. The topological polar surface area (TPSA) is 55.4 Å². The minimum absolute atomic E-state index is 0.266. The summed E-state index contributed by atoms with van der Waals surface area (Å²) in [5.74, 6) is -0.702. The fourth-order valence-electron chi connectivity index (χ4n) is 1.92. The maximum Gasteiger partial charge on any atom is 0.328 e. The quantitative estimate of drug-likeness (QED) is 0.455. The fourth-order valence-corrected chi connectivity index (χ4v) is 1.92. The average Bonchev–Trinajstić information content (AvgIpc) is 2.51. The molecular weight excluding hydrogens is 266 g/mol. The molecule has 1 rings (SSSR count). The molecule has 0 aliphatic heterocycles. The number of ether oxygens (including phenoxy) is 1. The van der Waals surface area contributed by atoms with Crippen molar-refractivity contribution < 1.29 is 14.3 Å². The molecule has 0 aliphatic carbocycles. The van der Waals surface area contributed by atoms with Gasteiger partial charge in [-0.25, -0.2) is 4.79 Å². The number of amides is 1. The molecule has 0 fully saturated rings. The Bertz CT molecular complexity index is 468. The van der Waals surface area contributed by atoms with Crippen molar-refractivity contribution in [2.75, 3.05) is 7.11 Å². The highest BCUT2D eigenvalue weighted by molar-refractivity contribution is 5.91. The average molecular weight is 289 g/mol. The van der Waals surface area contributed by atoms with E-state index in [9.17, 15) is 9.59 Å². The van der Waals surface area contributed by atoms with Crippen LogP contribution in [-0.2, 0) is 20.7 Å². The molecule has 0 radical (unpaired) electrons. The first-order valence-corrected chi connectivity index (χ1v) is 7.26. The Morgan fingerprint density at radius 1 is 1.29 bits per heavy atom. The van der Waals surface area contributed by atoms with E-state index in [-0.39, 0.29) is 5.91 Å². The Balaban J connectivity index is 2.60. The van der Waals surface area contributed by atoms with Gasteiger partial charge in [0.25, 0.3) is 0 Å². The van der Waals surface area contributed by atoms with E-state index in [4.69, 9.17) is 4.74 Å². The van der Waals surface area contributed by atoms with Gasteiger partial charge in [-0.3, -0.25) is 4.79 Å². The maximum absolute atomic E-state index is 11.8. The fraction of sp³-hybridized carbons (Fsp3) is 0.412. The van der Waals surface area contributed by atoms with E-state index in [1.54, 1.807) is 0 Å². The van der Waals surface area contributed by atoms with Crippen molar-refractivity contribution in [1.82, 2.24) is 5.32 Å². The van der Waals surface area contributed by atoms with Gasteiger partial charge in [-0.2, -0.15) is 0 Å².